The predicted molar refractivity (Wildman–Crippen MR) is 111 cm³/mol. The number of hydrogen-bond acceptors (Lipinski definition) is 4. The van der Waals surface area contributed by atoms with E-state index in [0.29, 0.717) is 5.92 Å². The van der Waals surface area contributed by atoms with E-state index in [-0.39, 0.29) is 24.0 Å². The molecule has 0 aliphatic carbocycles. The molecule has 23 heavy (non-hydrogen) atoms. The topological polar surface area (TPSA) is 42.9 Å². The van der Waals surface area contributed by atoms with Crippen molar-refractivity contribution in [1.29, 1.82) is 0 Å². The SMILES string of the molecule is CN=C(NCc1cccs1)NCC(C)CN1CCN(C)CC1.I. The van der Waals surface area contributed by atoms with E-state index in [9.17, 15) is 0 Å². The molecule has 0 aromatic carbocycles. The van der Waals surface area contributed by atoms with Crippen molar-refractivity contribution >= 4 is 41.3 Å². The van der Waals surface area contributed by atoms with Crippen molar-refractivity contribution in [1.82, 2.24) is 20.4 Å². The first-order valence-corrected chi connectivity index (χ1v) is 8.93. The molecule has 1 atom stereocenters. The normalized spacial score (nSPS) is 18.3. The Morgan fingerprint density at radius 3 is 2.65 bits per heavy atom. The highest BCUT2D eigenvalue weighted by Crippen LogP contribution is 2.07. The number of thiophene rings is 1. The molecule has 132 valence electrons. The molecule has 1 saturated heterocycles. The van der Waals surface area contributed by atoms with Crippen LogP contribution in [0.25, 0.3) is 0 Å². The molecule has 7 heteroatoms. The number of likely N-dealkylation sites (N-methyl/N-ethyl adjacent to an activating group) is 1. The fourth-order valence-corrected chi connectivity index (χ4v) is 3.26. The van der Waals surface area contributed by atoms with Crippen LogP contribution in [0.15, 0.2) is 22.5 Å². The van der Waals surface area contributed by atoms with E-state index < -0.39 is 0 Å². The molecule has 1 unspecified atom stereocenters. The second kappa shape index (κ2) is 11.2. The van der Waals surface area contributed by atoms with E-state index in [1.54, 1.807) is 11.3 Å². The zero-order valence-corrected chi connectivity index (χ0v) is 17.6. The van der Waals surface area contributed by atoms with Gasteiger partial charge in [-0.1, -0.05) is 13.0 Å². The number of guanidine groups is 1. The second-order valence-corrected chi connectivity index (χ2v) is 7.13. The van der Waals surface area contributed by atoms with Crippen molar-refractivity contribution in [3.63, 3.8) is 0 Å². The van der Waals surface area contributed by atoms with Gasteiger partial charge in [-0.25, -0.2) is 0 Å². The summed E-state index contributed by atoms with van der Waals surface area (Å²) in [5.41, 5.74) is 0. The van der Waals surface area contributed by atoms with Crippen LogP contribution in [0.2, 0.25) is 0 Å². The average molecular weight is 451 g/mol. The fourth-order valence-electron chi connectivity index (χ4n) is 2.61. The van der Waals surface area contributed by atoms with Gasteiger partial charge >= 0.3 is 0 Å². The molecule has 1 aliphatic rings. The third-order valence-corrected chi connectivity index (χ3v) is 4.89. The van der Waals surface area contributed by atoms with Crippen LogP contribution in [0.1, 0.15) is 11.8 Å². The number of nitrogens with one attached hydrogen (secondary N) is 2. The van der Waals surface area contributed by atoms with E-state index in [1.165, 1.54) is 31.1 Å². The van der Waals surface area contributed by atoms with Crippen LogP contribution in [0, 0.1) is 5.92 Å². The van der Waals surface area contributed by atoms with E-state index in [2.05, 4.69) is 56.9 Å². The van der Waals surface area contributed by atoms with Crippen LogP contribution in [0.4, 0.5) is 0 Å². The Balaban J connectivity index is 0.00000264. The van der Waals surface area contributed by atoms with Crippen molar-refractivity contribution in [3.8, 4) is 0 Å². The predicted octanol–water partition coefficient (Wildman–Crippen LogP) is 1.91. The number of piperazine rings is 1. The third kappa shape index (κ3) is 7.82. The highest BCUT2D eigenvalue weighted by molar-refractivity contribution is 14.0. The van der Waals surface area contributed by atoms with E-state index in [0.717, 1.165) is 25.6 Å². The lowest BCUT2D eigenvalue weighted by Gasteiger charge is -2.34. The molecule has 1 aromatic heterocycles. The van der Waals surface area contributed by atoms with Gasteiger partial charge in [-0.15, -0.1) is 35.3 Å². The van der Waals surface area contributed by atoms with Gasteiger partial charge in [0.15, 0.2) is 5.96 Å². The first-order valence-electron chi connectivity index (χ1n) is 8.05. The Bertz CT molecular complexity index is 443. The molecular formula is C16H30IN5S. The molecule has 1 aliphatic heterocycles. The standard InChI is InChI=1S/C16H29N5S.HI/c1-14(13-21-8-6-20(3)7-9-21)11-18-16(17-2)19-12-15-5-4-10-22-15;/h4-5,10,14H,6-9,11-13H2,1-3H3,(H2,17,18,19);1H. The lowest BCUT2D eigenvalue weighted by atomic mass is 10.1. The summed E-state index contributed by atoms with van der Waals surface area (Å²) in [6.07, 6.45) is 0. The Morgan fingerprint density at radius 1 is 1.30 bits per heavy atom. The minimum atomic E-state index is 0. The van der Waals surface area contributed by atoms with Crippen LogP contribution in [0.3, 0.4) is 0 Å². The third-order valence-electron chi connectivity index (χ3n) is 4.02. The van der Waals surface area contributed by atoms with Crippen molar-refractivity contribution in [2.45, 2.75) is 13.5 Å². The minimum absolute atomic E-state index is 0. The quantitative estimate of drug-likeness (QED) is 0.394. The number of rotatable bonds is 6. The van der Waals surface area contributed by atoms with Crippen LogP contribution in [0.5, 0.6) is 0 Å². The average Bonchev–Trinajstić information content (AvgIpc) is 3.03. The summed E-state index contributed by atoms with van der Waals surface area (Å²) in [7, 11) is 4.03. The van der Waals surface area contributed by atoms with Crippen molar-refractivity contribution in [2.75, 3.05) is 53.4 Å². The maximum absolute atomic E-state index is 4.29. The smallest absolute Gasteiger partial charge is 0.191 e. The summed E-state index contributed by atoms with van der Waals surface area (Å²) in [5, 5.41) is 8.90. The maximum atomic E-state index is 4.29. The molecule has 2 rings (SSSR count). The van der Waals surface area contributed by atoms with E-state index in [4.69, 9.17) is 0 Å². The molecular weight excluding hydrogens is 421 g/mol. The van der Waals surface area contributed by atoms with Crippen LogP contribution in [-0.2, 0) is 6.54 Å². The molecule has 0 spiro atoms. The monoisotopic (exact) mass is 451 g/mol. The van der Waals surface area contributed by atoms with Gasteiger partial charge in [0.05, 0.1) is 6.54 Å². The second-order valence-electron chi connectivity index (χ2n) is 6.10. The van der Waals surface area contributed by atoms with Crippen LogP contribution in [-0.4, -0.2) is 69.1 Å². The van der Waals surface area contributed by atoms with Crippen LogP contribution < -0.4 is 10.6 Å². The molecule has 1 fully saturated rings. The van der Waals surface area contributed by atoms with Gasteiger partial charge in [-0.05, 0) is 24.4 Å². The summed E-state index contributed by atoms with van der Waals surface area (Å²) < 4.78 is 0. The highest BCUT2D eigenvalue weighted by atomic mass is 127. The molecule has 0 amide bonds. The maximum Gasteiger partial charge on any atom is 0.191 e. The van der Waals surface area contributed by atoms with Gasteiger partial charge in [-0.3, -0.25) is 4.99 Å². The minimum Gasteiger partial charge on any atom is -0.356 e. The lowest BCUT2D eigenvalue weighted by Crippen LogP contribution is -2.47. The summed E-state index contributed by atoms with van der Waals surface area (Å²) in [6.45, 7) is 9.99. The van der Waals surface area contributed by atoms with Gasteiger partial charge in [0.2, 0.25) is 0 Å². The Labute approximate surface area is 161 Å². The van der Waals surface area contributed by atoms with Gasteiger partial charge in [-0.2, -0.15) is 0 Å². The molecule has 2 N–H and O–H groups in total. The van der Waals surface area contributed by atoms with Gasteiger partial charge in [0.25, 0.3) is 0 Å². The van der Waals surface area contributed by atoms with Crippen LogP contribution >= 0.6 is 35.3 Å². The summed E-state index contributed by atoms with van der Waals surface area (Å²) in [4.78, 5) is 10.6. The lowest BCUT2D eigenvalue weighted by molar-refractivity contribution is 0.139. The molecule has 0 bridgehead atoms. The highest BCUT2D eigenvalue weighted by Gasteiger charge is 2.16. The zero-order valence-electron chi connectivity index (χ0n) is 14.4. The van der Waals surface area contributed by atoms with Crippen molar-refractivity contribution < 1.29 is 0 Å². The van der Waals surface area contributed by atoms with E-state index in [1.807, 2.05) is 7.05 Å². The van der Waals surface area contributed by atoms with E-state index >= 15 is 0 Å². The molecule has 1 aromatic rings. The first kappa shape index (κ1) is 20.7. The number of nitrogens with zero attached hydrogens (tertiary/aromatic N) is 3. The number of aliphatic imine (C=N–C) groups is 1. The molecule has 2 heterocycles. The largest absolute Gasteiger partial charge is 0.356 e. The molecule has 0 saturated carbocycles. The van der Waals surface area contributed by atoms with Gasteiger partial charge in [0.1, 0.15) is 0 Å². The fraction of sp³-hybridized carbons (Fsp3) is 0.688. The molecule has 5 nitrogen and oxygen atoms in total. The van der Waals surface area contributed by atoms with Crippen molar-refractivity contribution in [3.05, 3.63) is 22.4 Å². The molecule has 0 radical (unpaired) electrons. The van der Waals surface area contributed by atoms with Crippen molar-refractivity contribution in [2.24, 2.45) is 10.9 Å². The Kier molecular flexibility index (Phi) is 10.1. The number of hydrogen-bond donors (Lipinski definition) is 2. The number of halogens is 1. The first-order chi connectivity index (χ1) is 10.7. The van der Waals surface area contributed by atoms with Gasteiger partial charge < -0.3 is 20.4 Å². The Morgan fingerprint density at radius 2 is 2.04 bits per heavy atom. The summed E-state index contributed by atoms with van der Waals surface area (Å²) >= 11 is 1.77. The summed E-state index contributed by atoms with van der Waals surface area (Å²) in [6, 6.07) is 4.22. The zero-order chi connectivity index (χ0) is 15.8. The Hall–Kier alpha value is -0.380. The van der Waals surface area contributed by atoms with Gasteiger partial charge in [0, 0.05) is 51.2 Å². The summed E-state index contributed by atoms with van der Waals surface area (Å²) in [5.74, 6) is 1.50.